The quantitative estimate of drug-likeness (QED) is 0.292. The van der Waals surface area contributed by atoms with Crippen LogP contribution < -0.4 is 0 Å². The Hall–Kier alpha value is 2.24. The first kappa shape index (κ1) is 21.2. The summed E-state index contributed by atoms with van der Waals surface area (Å²) in [5.41, 5.74) is 1.29. The maximum absolute atomic E-state index is 7.30. The van der Waals surface area contributed by atoms with E-state index < -0.39 is 35.1 Å². The summed E-state index contributed by atoms with van der Waals surface area (Å²) in [4.78, 5) is 0. The number of alkyl halides is 2. The summed E-state index contributed by atoms with van der Waals surface area (Å²) in [5, 5.41) is 0. The van der Waals surface area contributed by atoms with Crippen molar-refractivity contribution in [1.29, 1.82) is 0 Å². The van der Waals surface area contributed by atoms with Crippen molar-refractivity contribution in [3.05, 3.63) is 0 Å². The summed E-state index contributed by atoms with van der Waals surface area (Å²) in [7, 11) is -4.82. The molecule has 9 heteroatoms. The summed E-state index contributed by atoms with van der Waals surface area (Å²) in [6.45, 7) is 19.0. The van der Waals surface area contributed by atoms with Gasteiger partial charge in [0.2, 0.25) is 0 Å². The van der Waals surface area contributed by atoms with Gasteiger partial charge in [-0.05, 0) is 0 Å². The molecule has 0 bridgehead atoms. The lowest BCUT2D eigenvalue weighted by molar-refractivity contribution is 1.77. The fraction of sp³-hybridized carbons (Fsp3) is 1.00. The normalized spacial score (nSPS) is 20.8. The zero-order valence-electron chi connectivity index (χ0n) is 13.4. The molecular weight excluding hydrogens is 402 g/mol. The van der Waals surface area contributed by atoms with E-state index in [-0.39, 0.29) is 0 Å². The van der Waals surface area contributed by atoms with Gasteiger partial charge in [0.15, 0.2) is 12.8 Å². The molecule has 0 fully saturated rings. The first-order valence-electron chi connectivity index (χ1n) is 6.62. The molecule has 0 amide bonds. The highest BCUT2D eigenvalue weighted by Crippen LogP contribution is 2.44. The van der Waals surface area contributed by atoms with Crippen LogP contribution >= 0.6 is 45.4 Å². The van der Waals surface area contributed by atoms with Gasteiger partial charge in [0.05, 0.1) is 22.3 Å². The molecule has 0 nitrogen and oxygen atoms in total. The van der Waals surface area contributed by atoms with Gasteiger partial charge in [-0.2, -0.15) is 22.2 Å². The molecule has 0 rings (SSSR count). The van der Waals surface area contributed by atoms with Crippen molar-refractivity contribution in [2.24, 2.45) is 0 Å². The number of rotatable bonds is 6. The first-order chi connectivity index (χ1) is 8.12. The smallest absolute Gasteiger partial charge is 0.150 e. The molecule has 19 heavy (non-hydrogen) atoms. The van der Waals surface area contributed by atoms with E-state index in [1.807, 2.05) is 0 Å². The Labute approximate surface area is 143 Å². The standard InChI is InChI=1S/C10H28Cl4Si5/c1-15(2,3)18(13,9-11)17(7,8)19(14,10-12)16(4,5)6/h9-10H2,1-8H3. The second-order valence-electron chi connectivity index (χ2n) is 7.99. The molecule has 0 saturated carbocycles. The Kier molecular flexibility index (Phi) is 7.15. The lowest BCUT2D eigenvalue weighted by atomic mass is 11.8. The topological polar surface area (TPSA) is 0 Å². The third-order valence-corrected chi connectivity index (χ3v) is 108. The van der Waals surface area contributed by atoms with E-state index in [1.54, 1.807) is 0 Å². The molecule has 0 N–H and O–H groups in total. The second kappa shape index (κ2) is 6.39. The van der Waals surface area contributed by atoms with E-state index in [0.29, 0.717) is 11.0 Å². The Balaban J connectivity index is 6.09. The molecule has 0 aliphatic carbocycles. The molecule has 0 aromatic carbocycles. The minimum atomic E-state index is -2.02. The molecule has 0 saturated heterocycles. The predicted octanol–water partition coefficient (Wildman–Crippen LogP) is 5.61. The Morgan fingerprint density at radius 2 is 0.789 bits per heavy atom. The van der Waals surface area contributed by atoms with E-state index in [0.717, 1.165) is 0 Å². The van der Waals surface area contributed by atoms with Crippen LogP contribution in [0.5, 0.6) is 0 Å². The van der Waals surface area contributed by atoms with Crippen LogP contribution in [0.2, 0.25) is 52.4 Å². The van der Waals surface area contributed by atoms with Crippen molar-refractivity contribution < 1.29 is 0 Å². The fourth-order valence-electron chi connectivity index (χ4n) is 2.92. The van der Waals surface area contributed by atoms with Crippen molar-refractivity contribution in [2.75, 3.05) is 11.0 Å². The first-order valence-corrected chi connectivity index (χ1v) is 28.1. The van der Waals surface area contributed by atoms with Gasteiger partial charge in [0.25, 0.3) is 0 Å². The summed E-state index contributed by atoms with van der Waals surface area (Å²) in [6.07, 6.45) is -4.05. The number of halogens is 4. The zero-order chi connectivity index (χ0) is 15.9. The third-order valence-electron chi connectivity index (χ3n) is 4.73. The predicted molar refractivity (Wildman–Crippen MR) is 109 cm³/mol. The molecule has 0 aromatic rings. The lowest BCUT2D eigenvalue weighted by Gasteiger charge is -2.55. The third kappa shape index (κ3) is 3.44. The zero-order valence-corrected chi connectivity index (χ0v) is 21.4. The SMILES string of the molecule is C[Si](C)(C)[Si](Cl)(CCl)[Si](C)(C)[Si](Cl)(CCl)[Si](C)(C)C. The summed E-state index contributed by atoms with van der Waals surface area (Å²) < 4.78 is 0. The molecule has 2 atom stereocenters. The maximum Gasteiger partial charge on any atom is 0.150 e. The van der Waals surface area contributed by atoms with Crippen molar-refractivity contribution >= 4 is 80.5 Å². The van der Waals surface area contributed by atoms with Crippen LogP contribution in [0.4, 0.5) is 0 Å². The molecule has 0 aromatic heterocycles. The van der Waals surface area contributed by atoms with Crippen LogP contribution in [-0.2, 0) is 0 Å². The monoisotopic (exact) mass is 428 g/mol. The minimum absolute atomic E-state index is 0.645. The lowest BCUT2D eigenvalue weighted by Crippen LogP contribution is -2.85. The van der Waals surface area contributed by atoms with Crippen molar-refractivity contribution in [2.45, 2.75) is 52.4 Å². The van der Waals surface area contributed by atoms with Gasteiger partial charge in [-0.1, -0.05) is 52.4 Å². The Bertz CT molecular complexity index is 295. The molecule has 0 aliphatic heterocycles. The second-order valence-corrected chi connectivity index (χ2v) is 64.5. The number of hydrogen-bond donors (Lipinski definition) is 0. The molecule has 0 heterocycles. The van der Waals surface area contributed by atoms with Crippen LogP contribution in [-0.4, -0.2) is 46.1 Å². The summed E-state index contributed by atoms with van der Waals surface area (Å²) >= 11 is 27.5. The van der Waals surface area contributed by atoms with Crippen LogP contribution in [0.15, 0.2) is 0 Å². The highest BCUT2D eigenvalue weighted by atomic mass is 35.6. The van der Waals surface area contributed by atoms with Gasteiger partial charge in [-0.25, -0.2) is 0 Å². The van der Waals surface area contributed by atoms with Gasteiger partial charge in [0.1, 0.15) is 0 Å². The highest BCUT2D eigenvalue weighted by Gasteiger charge is 2.68. The van der Waals surface area contributed by atoms with Crippen molar-refractivity contribution in [1.82, 2.24) is 0 Å². The van der Waals surface area contributed by atoms with Gasteiger partial charge in [0, 0.05) is 11.0 Å². The van der Waals surface area contributed by atoms with Crippen molar-refractivity contribution in [3.8, 4) is 0 Å². The van der Waals surface area contributed by atoms with Crippen molar-refractivity contribution in [3.63, 3.8) is 0 Å². The van der Waals surface area contributed by atoms with Crippen LogP contribution in [0.3, 0.4) is 0 Å². The van der Waals surface area contributed by atoms with Crippen LogP contribution in [0.25, 0.3) is 0 Å². The summed E-state index contributed by atoms with van der Waals surface area (Å²) in [5.74, 6) is 0. The molecular formula is C10H28Cl4Si5. The average Bonchev–Trinajstić information content (AvgIpc) is 2.22. The van der Waals surface area contributed by atoms with E-state index in [9.17, 15) is 0 Å². The molecule has 0 radical (unpaired) electrons. The van der Waals surface area contributed by atoms with Crippen LogP contribution in [0.1, 0.15) is 0 Å². The van der Waals surface area contributed by atoms with Gasteiger partial charge in [-0.15, -0.1) is 23.2 Å². The largest absolute Gasteiger partial charge is 0.173 e. The van der Waals surface area contributed by atoms with E-state index in [2.05, 4.69) is 52.4 Å². The van der Waals surface area contributed by atoms with Crippen LogP contribution in [0, 0.1) is 0 Å². The van der Waals surface area contributed by atoms with E-state index >= 15 is 0 Å². The Morgan fingerprint density at radius 3 is 0.895 bits per heavy atom. The van der Waals surface area contributed by atoms with Gasteiger partial charge < -0.3 is 0 Å². The van der Waals surface area contributed by atoms with Gasteiger partial charge >= 0.3 is 0 Å². The molecule has 0 spiro atoms. The molecule has 0 aliphatic rings. The number of hydrogen-bond acceptors (Lipinski definition) is 0. The average molecular weight is 431 g/mol. The maximum atomic E-state index is 7.30. The minimum Gasteiger partial charge on any atom is -0.173 e. The Morgan fingerprint density at radius 1 is 0.579 bits per heavy atom. The van der Waals surface area contributed by atoms with E-state index in [4.69, 9.17) is 45.4 Å². The highest BCUT2D eigenvalue weighted by molar-refractivity contribution is 8.05. The van der Waals surface area contributed by atoms with E-state index in [1.165, 1.54) is 0 Å². The molecule has 116 valence electrons. The summed E-state index contributed by atoms with van der Waals surface area (Å²) in [6, 6.07) is 0. The fourth-order valence-corrected chi connectivity index (χ4v) is 132. The van der Waals surface area contributed by atoms with Gasteiger partial charge in [-0.3, -0.25) is 0 Å². The molecule has 2 unspecified atom stereocenters.